The van der Waals surface area contributed by atoms with Crippen LogP contribution in [0.1, 0.15) is 71.1 Å². The zero-order valence-electron chi connectivity index (χ0n) is 12.1. The zero-order chi connectivity index (χ0) is 14.9. The predicted octanol–water partition coefficient (Wildman–Crippen LogP) is 3.02. The second-order valence-electron chi connectivity index (χ2n) is 4.55. The number of carbonyl (C=O) groups is 2. The van der Waals surface area contributed by atoms with Gasteiger partial charge in [0, 0.05) is 12.8 Å². The van der Waals surface area contributed by atoms with Crippen LogP contribution in [0.3, 0.4) is 0 Å². The van der Waals surface area contributed by atoms with Gasteiger partial charge in [0.2, 0.25) is 0 Å². The topological polar surface area (TPSA) is 101 Å². The highest BCUT2D eigenvalue weighted by Crippen LogP contribution is 2.04. The fourth-order valence-corrected chi connectivity index (χ4v) is 1.48. The maximum absolute atomic E-state index is 10.0. The number of carboxylic acid groups (broad SMARTS) is 2. The second-order valence-corrected chi connectivity index (χ2v) is 4.55. The Morgan fingerprint density at radius 3 is 1.53 bits per heavy atom. The van der Waals surface area contributed by atoms with Gasteiger partial charge in [0.25, 0.3) is 0 Å². The summed E-state index contributed by atoms with van der Waals surface area (Å²) in [5, 5.41) is 16.5. The van der Waals surface area contributed by atoms with Crippen molar-refractivity contribution in [2.75, 3.05) is 6.54 Å². The molecule has 0 aromatic rings. The standard InChI is InChI=1S/C8H14O4.C6H15N/c9-7(10)5-3-1-2-4-6-8(11)12;1-2-3-4-5-6-7/h1-6H2,(H,9,10)(H,11,12);2-7H2,1H3. The molecule has 114 valence electrons. The Balaban J connectivity index is 0. The number of hydrogen-bond donors (Lipinski definition) is 3. The number of rotatable bonds is 11. The van der Waals surface area contributed by atoms with E-state index in [1.165, 1.54) is 25.7 Å². The second kappa shape index (κ2) is 16.9. The van der Waals surface area contributed by atoms with Crippen LogP contribution >= 0.6 is 0 Å². The van der Waals surface area contributed by atoms with Gasteiger partial charge in [-0.05, 0) is 25.8 Å². The molecule has 0 heterocycles. The first-order valence-electron chi connectivity index (χ1n) is 7.18. The van der Waals surface area contributed by atoms with Crippen molar-refractivity contribution in [1.29, 1.82) is 0 Å². The summed E-state index contributed by atoms with van der Waals surface area (Å²) in [4.78, 5) is 20.1. The molecule has 0 atom stereocenters. The fraction of sp³-hybridized carbons (Fsp3) is 0.857. The van der Waals surface area contributed by atoms with Gasteiger partial charge in [0.1, 0.15) is 0 Å². The molecule has 0 aliphatic rings. The lowest BCUT2D eigenvalue weighted by molar-refractivity contribution is -0.138. The van der Waals surface area contributed by atoms with Crippen molar-refractivity contribution in [3.8, 4) is 0 Å². The first-order chi connectivity index (χ1) is 9.04. The van der Waals surface area contributed by atoms with Crippen molar-refractivity contribution in [3.05, 3.63) is 0 Å². The van der Waals surface area contributed by atoms with Gasteiger partial charge in [0.05, 0.1) is 0 Å². The van der Waals surface area contributed by atoms with Crippen LogP contribution < -0.4 is 5.73 Å². The first-order valence-corrected chi connectivity index (χ1v) is 7.18. The molecule has 0 aromatic carbocycles. The third-order valence-electron chi connectivity index (χ3n) is 2.59. The Hall–Kier alpha value is -1.10. The van der Waals surface area contributed by atoms with Crippen molar-refractivity contribution in [2.24, 2.45) is 5.73 Å². The third-order valence-corrected chi connectivity index (χ3v) is 2.59. The van der Waals surface area contributed by atoms with Gasteiger partial charge in [0.15, 0.2) is 0 Å². The van der Waals surface area contributed by atoms with Crippen molar-refractivity contribution in [1.82, 2.24) is 0 Å². The molecular weight excluding hydrogens is 246 g/mol. The van der Waals surface area contributed by atoms with E-state index >= 15 is 0 Å². The van der Waals surface area contributed by atoms with Gasteiger partial charge in [-0.3, -0.25) is 9.59 Å². The highest BCUT2D eigenvalue weighted by molar-refractivity contribution is 5.66. The van der Waals surface area contributed by atoms with E-state index in [0.717, 1.165) is 19.4 Å². The number of aliphatic carboxylic acids is 2. The van der Waals surface area contributed by atoms with E-state index < -0.39 is 11.9 Å². The number of carboxylic acids is 2. The van der Waals surface area contributed by atoms with Crippen molar-refractivity contribution in [2.45, 2.75) is 71.1 Å². The maximum atomic E-state index is 10.0. The molecule has 0 radical (unpaired) electrons. The maximum Gasteiger partial charge on any atom is 0.303 e. The molecule has 0 amide bonds. The summed E-state index contributed by atoms with van der Waals surface area (Å²) >= 11 is 0. The van der Waals surface area contributed by atoms with E-state index in [1.807, 2.05) is 0 Å². The fourth-order valence-electron chi connectivity index (χ4n) is 1.48. The average molecular weight is 275 g/mol. The summed E-state index contributed by atoms with van der Waals surface area (Å²) in [6, 6.07) is 0. The molecule has 0 rings (SSSR count). The van der Waals surface area contributed by atoms with Gasteiger partial charge < -0.3 is 15.9 Å². The minimum absolute atomic E-state index is 0.188. The van der Waals surface area contributed by atoms with Crippen LogP contribution in [-0.2, 0) is 9.59 Å². The summed E-state index contributed by atoms with van der Waals surface area (Å²) in [5.74, 6) is -1.57. The Labute approximate surface area is 116 Å². The monoisotopic (exact) mass is 275 g/mol. The van der Waals surface area contributed by atoms with E-state index in [0.29, 0.717) is 12.8 Å². The molecular formula is C14H29NO4. The quantitative estimate of drug-likeness (QED) is 0.503. The van der Waals surface area contributed by atoms with Crippen molar-refractivity contribution < 1.29 is 19.8 Å². The van der Waals surface area contributed by atoms with Crippen LogP contribution in [0.4, 0.5) is 0 Å². The number of unbranched alkanes of at least 4 members (excludes halogenated alkanes) is 6. The minimum atomic E-state index is -0.784. The molecule has 0 unspecified atom stereocenters. The lowest BCUT2D eigenvalue weighted by Gasteiger charge is -1.96. The normalized spacial score (nSPS) is 9.58. The van der Waals surface area contributed by atoms with Gasteiger partial charge in [-0.15, -0.1) is 0 Å². The molecule has 5 nitrogen and oxygen atoms in total. The summed E-state index contributed by atoms with van der Waals surface area (Å²) in [6.07, 6.45) is 8.45. The van der Waals surface area contributed by atoms with Crippen LogP contribution in [0.25, 0.3) is 0 Å². The molecule has 0 bridgehead atoms. The summed E-state index contributed by atoms with van der Waals surface area (Å²) in [6.45, 7) is 3.07. The van der Waals surface area contributed by atoms with Crippen molar-refractivity contribution >= 4 is 11.9 Å². The van der Waals surface area contributed by atoms with E-state index in [9.17, 15) is 9.59 Å². The smallest absolute Gasteiger partial charge is 0.303 e. The van der Waals surface area contributed by atoms with Gasteiger partial charge >= 0.3 is 11.9 Å². The van der Waals surface area contributed by atoms with Crippen LogP contribution in [0.15, 0.2) is 0 Å². The highest BCUT2D eigenvalue weighted by Gasteiger charge is 1.98. The third kappa shape index (κ3) is 26.5. The largest absolute Gasteiger partial charge is 0.481 e. The Bertz CT molecular complexity index is 197. The van der Waals surface area contributed by atoms with Gasteiger partial charge in [-0.25, -0.2) is 0 Å². The SMILES string of the molecule is CCCCCCN.O=C(O)CCCCCCC(=O)O. The molecule has 0 aromatic heterocycles. The molecule has 0 aliphatic heterocycles. The van der Waals surface area contributed by atoms with Crippen LogP contribution in [0.5, 0.6) is 0 Å². The zero-order valence-corrected chi connectivity index (χ0v) is 12.1. The average Bonchev–Trinajstić information content (AvgIpc) is 2.34. The van der Waals surface area contributed by atoms with Gasteiger partial charge in [-0.2, -0.15) is 0 Å². The molecule has 5 heteroatoms. The molecule has 0 aliphatic carbocycles. The lowest BCUT2D eigenvalue weighted by Crippen LogP contribution is -1.97. The van der Waals surface area contributed by atoms with E-state index in [1.54, 1.807) is 0 Å². The Morgan fingerprint density at radius 1 is 0.789 bits per heavy atom. The van der Waals surface area contributed by atoms with Crippen LogP contribution in [0, 0.1) is 0 Å². The lowest BCUT2D eigenvalue weighted by atomic mass is 10.1. The molecule has 0 spiro atoms. The minimum Gasteiger partial charge on any atom is -0.481 e. The summed E-state index contributed by atoms with van der Waals surface area (Å²) in [5.41, 5.74) is 5.27. The Kier molecular flexibility index (Phi) is 18.0. The van der Waals surface area contributed by atoms with E-state index in [-0.39, 0.29) is 12.8 Å². The molecule has 0 saturated heterocycles. The molecule has 4 N–H and O–H groups in total. The molecule has 0 saturated carbocycles. The summed E-state index contributed by atoms with van der Waals surface area (Å²) < 4.78 is 0. The highest BCUT2D eigenvalue weighted by atomic mass is 16.4. The Morgan fingerprint density at radius 2 is 1.21 bits per heavy atom. The number of nitrogens with two attached hydrogens (primary N) is 1. The molecule has 0 fully saturated rings. The molecule has 19 heavy (non-hydrogen) atoms. The van der Waals surface area contributed by atoms with Crippen LogP contribution in [-0.4, -0.2) is 28.7 Å². The number of hydrogen-bond acceptors (Lipinski definition) is 3. The van der Waals surface area contributed by atoms with E-state index in [4.69, 9.17) is 15.9 Å². The van der Waals surface area contributed by atoms with Crippen molar-refractivity contribution in [3.63, 3.8) is 0 Å². The predicted molar refractivity (Wildman–Crippen MR) is 76.2 cm³/mol. The van der Waals surface area contributed by atoms with E-state index in [2.05, 4.69) is 6.92 Å². The van der Waals surface area contributed by atoms with Crippen LogP contribution in [0.2, 0.25) is 0 Å². The van der Waals surface area contributed by atoms with Gasteiger partial charge in [-0.1, -0.05) is 39.0 Å². The first kappa shape index (κ1) is 20.2. The summed E-state index contributed by atoms with van der Waals surface area (Å²) in [7, 11) is 0.